The highest BCUT2D eigenvalue weighted by Crippen LogP contribution is 2.24. The van der Waals surface area contributed by atoms with Crippen molar-refractivity contribution in [2.24, 2.45) is 0 Å². The van der Waals surface area contributed by atoms with Crippen LogP contribution in [0.4, 0.5) is 0 Å². The summed E-state index contributed by atoms with van der Waals surface area (Å²) < 4.78 is 10.3. The first-order valence-electron chi connectivity index (χ1n) is 6.93. The van der Waals surface area contributed by atoms with Crippen LogP contribution in [0.5, 0.6) is 11.5 Å². The summed E-state index contributed by atoms with van der Waals surface area (Å²) in [5, 5.41) is 12.0. The van der Waals surface area contributed by atoms with E-state index < -0.39 is 5.97 Å². The van der Waals surface area contributed by atoms with Gasteiger partial charge in [0.1, 0.15) is 17.1 Å². The van der Waals surface area contributed by atoms with Crippen LogP contribution in [0, 0.1) is 0 Å². The molecule has 0 saturated heterocycles. The third-order valence-electron chi connectivity index (χ3n) is 3.50. The van der Waals surface area contributed by atoms with Gasteiger partial charge in [0.15, 0.2) is 6.61 Å². The fourth-order valence-electron chi connectivity index (χ4n) is 2.41. The molecule has 0 unspecified atom stereocenters. The van der Waals surface area contributed by atoms with Gasteiger partial charge in [-0.2, -0.15) is 0 Å². The molecule has 114 valence electrons. The van der Waals surface area contributed by atoms with Gasteiger partial charge in [-0.25, -0.2) is 4.79 Å². The topological polar surface area (TPSA) is 84.9 Å². The van der Waals surface area contributed by atoms with E-state index in [1.54, 1.807) is 6.07 Å². The monoisotopic (exact) mass is 293 g/mol. The van der Waals surface area contributed by atoms with Gasteiger partial charge in [0.2, 0.25) is 0 Å². The van der Waals surface area contributed by atoms with Crippen molar-refractivity contribution in [3.63, 3.8) is 0 Å². The predicted octanol–water partition coefficient (Wildman–Crippen LogP) is 1.83. The summed E-state index contributed by atoms with van der Waals surface area (Å²) in [6, 6.07) is 4.67. The van der Waals surface area contributed by atoms with Crippen LogP contribution < -0.4 is 14.8 Å². The molecule has 0 aliphatic heterocycles. The Bertz CT molecular complexity index is 523. The molecule has 0 radical (unpaired) electrons. The van der Waals surface area contributed by atoms with E-state index >= 15 is 0 Å². The summed E-state index contributed by atoms with van der Waals surface area (Å²) >= 11 is 0. The summed E-state index contributed by atoms with van der Waals surface area (Å²) in [5.41, 5.74) is -0.0250. The fraction of sp³-hybridized carbons (Fsp3) is 0.467. The van der Waals surface area contributed by atoms with Crippen molar-refractivity contribution in [1.29, 1.82) is 0 Å². The second-order valence-corrected chi connectivity index (χ2v) is 5.00. The molecule has 0 atom stereocenters. The molecule has 6 heteroatoms. The number of methoxy groups -OCH3 is 1. The maximum Gasteiger partial charge on any atom is 0.339 e. The van der Waals surface area contributed by atoms with Gasteiger partial charge in [0.05, 0.1) is 7.11 Å². The minimum atomic E-state index is -1.12. The van der Waals surface area contributed by atoms with Crippen molar-refractivity contribution < 1.29 is 24.2 Å². The Morgan fingerprint density at radius 2 is 2.05 bits per heavy atom. The average Bonchev–Trinajstić information content (AvgIpc) is 2.97. The maximum absolute atomic E-state index is 11.8. The Hall–Kier alpha value is -2.24. The molecule has 2 rings (SSSR count). The van der Waals surface area contributed by atoms with Gasteiger partial charge in [-0.3, -0.25) is 4.79 Å². The molecule has 6 nitrogen and oxygen atoms in total. The second-order valence-electron chi connectivity index (χ2n) is 5.00. The highest BCUT2D eigenvalue weighted by molar-refractivity contribution is 5.91. The SMILES string of the molecule is COc1ccc(OCC(=O)NC2CCCC2)c(C(=O)O)c1. The number of carbonyl (C=O) groups is 2. The lowest BCUT2D eigenvalue weighted by Crippen LogP contribution is -2.36. The van der Waals surface area contributed by atoms with Crippen molar-refractivity contribution in [1.82, 2.24) is 5.32 Å². The number of hydrogen-bond donors (Lipinski definition) is 2. The minimum absolute atomic E-state index is 0.0250. The van der Waals surface area contributed by atoms with E-state index in [0.717, 1.165) is 25.7 Å². The summed E-state index contributed by atoms with van der Waals surface area (Å²) in [6.45, 7) is -0.191. The standard InChI is InChI=1S/C15H19NO5/c1-20-11-6-7-13(12(8-11)15(18)19)21-9-14(17)16-10-4-2-3-5-10/h6-8,10H,2-5,9H2,1H3,(H,16,17)(H,18,19). The number of ether oxygens (including phenoxy) is 2. The molecular formula is C15H19NO5. The van der Waals surface area contributed by atoms with Crippen molar-refractivity contribution >= 4 is 11.9 Å². The summed E-state index contributed by atoms with van der Waals surface area (Å²) in [6.07, 6.45) is 4.25. The van der Waals surface area contributed by atoms with E-state index in [-0.39, 0.29) is 29.9 Å². The number of aromatic carboxylic acids is 1. The van der Waals surface area contributed by atoms with E-state index in [1.165, 1.54) is 19.2 Å². The molecule has 1 amide bonds. The summed E-state index contributed by atoms with van der Waals surface area (Å²) in [5.74, 6) is -0.769. The van der Waals surface area contributed by atoms with E-state index in [4.69, 9.17) is 14.6 Å². The largest absolute Gasteiger partial charge is 0.497 e. The van der Waals surface area contributed by atoms with Crippen LogP contribution in [0.3, 0.4) is 0 Å². The van der Waals surface area contributed by atoms with Gasteiger partial charge < -0.3 is 19.9 Å². The van der Waals surface area contributed by atoms with Gasteiger partial charge in [-0.05, 0) is 31.0 Å². The zero-order valence-electron chi connectivity index (χ0n) is 11.9. The Balaban J connectivity index is 1.95. The summed E-state index contributed by atoms with van der Waals surface area (Å²) in [7, 11) is 1.45. The molecule has 1 aliphatic rings. The predicted molar refractivity (Wildman–Crippen MR) is 75.8 cm³/mol. The van der Waals surface area contributed by atoms with E-state index in [0.29, 0.717) is 5.75 Å². The molecule has 1 saturated carbocycles. The Labute approximate surface area is 123 Å². The minimum Gasteiger partial charge on any atom is -0.497 e. The fourth-order valence-corrected chi connectivity index (χ4v) is 2.41. The molecule has 0 aromatic heterocycles. The van der Waals surface area contributed by atoms with Crippen LogP contribution in [0.25, 0.3) is 0 Å². The van der Waals surface area contributed by atoms with E-state index in [9.17, 15) is 9.59 Å². The summed E-state index contributed by atoms with van der Waals surface area (Å²) in [4.78, 5) is 22.9. The third kappa shape index (κ3) is 4.11. The van der Waals surface area contributed by atoms with Crippen LogP contribution in [0.2, 0.25) is 0 Å². The van der Waals surface area contributed by atoms with Gasteiger partial charge in [-0.15, -0.1) is 0 Å². The average molecular weight is 293 g/mol. The van der Waals surface area contributed by atoms with Gasteiger partial charge in [0.25, 0.3) is 5.91 Å². The number of carboxylic acids is 1. The molecule has 1 aromatic rings. The first-order valence-corrected chi connectivity index (χ1v) is 6.93. The van der Waals surface area contributed by atoms with Crippen molar-refractivity contribution in [3.8, 4) is 11.5 Å². The lowest BCUT2D eigenvalue weighted by atomic mass is 10.2. The number of amides is 1. The zero-order chi connectivity index (χ0) is 15.2. The second kappa shape index (κ2) is 6.97. The Morgan fingerprint density at radius 3 is 2.67 bits per heavy atom. The van der Waals surface area contributed by atoms with E-state index in [2.05, 4.69) is 5.32 Å². The Kier molecular flexibility index (Phi) is 5.03. The zero-order valence-corrected chi connectivity index (χ0v) is 11.9. The van der Waals surface area contributed by atoms with Gasteiger partial charge in [-0.1, -0.05) is 12.8 Å². The van der Waals surface area contributed by atoms with Crippen LogP contribution in [-0.4, -0.2) is 36.7 Å². The Morgan fingerprint density at radius 1 is 1.33 bits per heavy atom. The number of carboxylic acid groups (broad SMARTS) is 1. The van der Waals surface area contributed by atoms with Crippen LogP contribution >= 0.6 is 0 Å². The molecule has 2 N–H and O–H groups in total. The highest BCUT2D eigenvalue weighted by atomic mass is 16.5. The first-order chi connectivity index (χ1) is 10.1. The van der Waals surface area contributed by atoms with E-state index in [1.807, 2.05) is 0 Å². The molecule has 0 spiro atoms. The third-order valence-corrected chi connectivity index (χ3v) is 3.50. The molecule has 0 heterocycles. The van der Waals surface area contributed by atoms with Gasteiger partial charge >= 0.3 is 5.97 Å². The number of benzene rings is 1. The lowest BCUT2D eigenvalue weighted by Gasteiger charge is -2.13. The number of hydrogen-bond acceptors (Lipinski definition) is 4. The van der Waals surface area contributed by atoms with Crippen LogP contribution in [0.15, 0.2) is 18.2 Å². The van der Waals surface area contributed by atoms with Crippen molar-refractivity contribution in [3.05, 3.63) is 23.8 Å². The van der Waals surface area contributed by atoms with Crippen LogP contribution in [-0.2, 0) is 4.79 Å². The van der Waals surface area contributed by atoms with Crippen molar-refractivity contribution in [2.75, 3.05) is 13.7 Å². The molecule has 1 fully saturated rings. The molecule has 1 aromatic carbocycles. The highest BCUT2D eigenvalue weighted by Gasteiger charge is 2.18. The van der Waals surface area contributed by atoms with Gasteiger partial charge in [0, 0.05) is 6.04 Å². The number of nitrogens with one attached hydrogen (secondary N) is 1. The smallest absolute Gasteiger partial charge is 0.339 e. The quantitative estimate of drug-likeness (QED) is 0.836. The molecule has 21 heavy (non-hydrogen) atoms. The molecule has 0 bridgehead atoms. The number of rotatable bonds is 6. The molecular weight excluding hydrogens is 274 g/mol. The lowest BCUT2D eigenvalue weighted by molar-refractivity contribution is -0.123. The number of carbonyl (C=O) groups excluding carboxylic acids is 1. The first kappa shape index (κ1) is 15.2. The van der Waals surface area contributed by atoms with Crippen molar-refractivity contribution in [2.45, 2.75) is 31.7 Å². The molecule has 1 aliphatic carbocycles. The maximum atomic E-state index is 11.8. The van der Waals surface area contributed by atoms with Crippen LogP contribution in [0.1, 0.15) is 36.0 Å². The normalized spacial score (nSPS) is 14.7.